The SMILES string of the molecule is CC(C)(C)NC(=O)N1CCN(CCN2C(=O)CSC2c2ccc(C(C)(C)C)cc2)CC1. The fourth-order valence-electron chi connectivity index (χ4n) is 3.94. The van der Waals surface area contributed by atoms with Crippen molar-refractivity contribution in [2.75, 3.05) is 45.0 Å². The number of nitrogens with one attached hydrogen (secondary N) is 1. The Balaban J connectivity index is 1.52. The molecule has 3 amide bonds. The molecule has 2 fully saturated rings. The number of urea groups is 1. The quantitative estimate of drug-likeness (QED) is 0.767. The summed E-state index contributed by atoms with van der Waals surface area (Å²) >= 11 is 1.72. The molecule has 6 nitrogen and oxygen atoms in total. The number of carbonyl (C=O) groups excluding carboxylic acids is 2. The average Bonchev–Trinajstić information content (AvgIpc) is 3.05. The predicted octanol–water partition coefficient (Wildman–Crippen LogP) is 3.68. The number of amides is 3. The van der Waals surface area contributed by atoms with Gasteiger partial charge in [0.1, 0.15) is 5.37 Å². The third-order valence-corrected chi connectivity index (χ3v) is 7.08. The molecule has 0 saturated carbocycles. The summed E-state index contributed by atoms with van der Waals surface area (Å²) in [6.07, 6.45) is 0. The molecule has 1 aromatic rings. The first-order valence-corrected chi connectivity index (χ1v) is 12.3. The molecule has 2 heterocycles. The molecule has 0 aromatic heterocycles. The second-order valence-electron chi connectivity index (χ2n) is 10.6. The summed E-state index contributed by atoms with van der Waals surface area (Å²) in [5, 5.41) is 3.13. The summed E-state index contributed by atoms with van der Waals surface area (Å²) in [5.41, 5.74) is 2.42. The van der Waals surface area contributed by atoms with Crippen LogP contribution in [-0.2, 0) is 10.2 Å². The van der Waals surface area contributed by atoms with Crippen LogP contribution in [0.1, 0.15) is 58.0 Å². The summed E-state index contributed by atoms with van der Waals surface area (Å²) in [6.45, 7) is 17.4. The summed E-state index contributed by atoms with van der Waals surface area (Å²) in [5.74, 6) is 0.769. The van der Waals surface area contributed by atoms with Gasteiger partial charge in [-0.2, -0.15) is 0 Å². The number of nitrogens with zero attached hydrogens (tertiary/aromatic N) is 3. The molecule has 172 valence electrons. The summed E-state index contributed by atoms with van der Waals surface area (Å²) in [4.78, 5) is 31.2. The van der Waals surface area contributed by atoms with Crippen molar-refractivity contribution in [3.63, 3.8) is 0 Å². The van der Waals surface area contributed by atoms with Crippen LogP contribution in [0.15, 0.2) is 24.3 Å². The van der Waals surface area contributed by atoms with Crippen LogP contribution >= 0.6 is 11.8 Å². The van der Waals surface area contributed by atoms with Crippen molar-refractivity contribution < 1.29 is 9.59 Å². The third kappa shape index (κ3) is 6.39. The highest BCUT2D eigenvalue weighted by atomic mass is 32.2. The van der Waals surface area contributed by atoms with Crippen LogP contribution in [0.4, 0.5) is 4.79 Å². The molecule has 0 bridgehead atoms. The monoisotopic (exact) mass is 446 g/mol. The van der Waals surface area contributed by atoms with E-state index >= 15 is 0 Å². The number of rotatable bonds is 4. The smallest absolute Gasteiger partial charge is 0.317 e. The fraction of sp³-hybridized carbons (Fsp3) is 0.667. The maximum Gasteiger partial charge on any atom is 0.317 e. The first-order chi connectivity index (χ1) is 14.4. The van der Waals surface area contributed by atoms with E-state index < -0.39 is 0 Å². The Kier molecular flexibility index (Phi) is 7.26. The van der Waals surface area contributed by atoms with Gasteiger partial charge in [-0.05, 0) is 37.3 Å². The van der Waals surface area contributed by atoms with Gasteiger partial charge in [-0.3, -0.25) is 9.69 Å². The van der Waals surface area contributed by atoms with Gasteiger partial charge >= 0.3 is 6.03 Å². The molecule has 1 atom stereocenters. The zero-order valence-electron chi connectivity index (χ0n) is 19.9. The van der Waals surface area contributed by atoms with Crippen LogP contribution in [0.2, 0.25) is 0 Å². The van der Waals surface area contributed by atoms with Crippen molar-refractivity contribution in [1.29, 1.82) is 0 Å². The topological polar surface area (TPSA) is 55.9 Å². The lowest BCUT2D eigenvalue weighted by atomic mass is 9.87. The molecule has 31 heavy (non-hydrogen) atoms. The first kappa shape index (κ1) is 23.9. The molecule has 1 unspecified atom stereocenters. The first-order valence-electron chi connectivity index (χ1n) is 11.2. The van der Waals surface area contributed by atoms with E-state index in [0.29, 0.717) is 5.75 Å². The Morgan fingerprint density at radius 3 is 2.16 bits per heavy atom. The van der Waals surface area contributed by atoms with Gasteiger partial charge in [0, 0.05) is 44.8 Å². The van der Waals surface area contributed by atoms with Crippen molar-refractivity contribution in [2.24, 2.45) is 0 Å². The molecular weight excluding hydrogens is 408 g/mol. The highest BCUT2D eigenvalue weighted by Gasteiger charge is 2.33. The largest absolute Gasteiger partial charge is 0.333 e. The van der Waals surface area contributed by atoms with Gasteiger partial charge in [-0.25, -0.2) is 4.79 Å². The van der Waals surface area contributed by atoms with Gasteiger partial charge in [0.25, 0.3) is 0 Å². The van der Waals surface area contributed by atoms with E-state index in [1.807, 2.05) is 30.6 Å². The zero-order chi connectivity index (χ0) is 22.8. The molecule has 0 aliphatic carbocycles. The Morgan fingerprint density at radius 1 is 1.00 bits per heavy atom. The second-order valence-corrected chi connectivity index (χ2v) is 11.7. The van der Waals surface area contributed by atoms with E-state index in [2.05, 4.69) is 55.3 Å². The van der Waals surface area contributed by atoms with Crippen LogP contribution in [0, 0.1) is 0 Å². The van der Waals surface area contributed by atoms with Crippen LogP contribution in [-0.4, -0.2) is 77.2 Å². The summed E-state index contributed by atoms with van der Waals surface area (Å²) in [7, 11) is 0. The third-order valence-electron chi connectivity index (χ3n) is 5.83. The molecular formula is C24H38N4O2S. The molecule has 2 aliphatic heterocycles. The summed E-state index contributed by atoms with van der Waals surface area (Å²) < 4.78 is 0. The van der Waals surface area contributed by atoms with Gasteiger partial charge in [-0.1, -0.05) is 45.0 Å². The molecule has 3 rings (SSSR count). The van der Waals surface area contributed by atoms with Gasteiger partial charge in [0.05, 0.1) is 5.75 Å². The van der Waals surface area contributed by atoms with E-state index in [1.165, 1.54) is 11.1 Å². The van der Waals surface area contributed by atoms with Gasteiger partial charge in [0.15, 0.2) is 0 Å². The fourth-order valence-corrected chi connectivity index (χ4v) is 5.16. The Labute approximate surface area is 191 Å². The van der Waals surface area contributed by atoms with E-state index in [4.69, 9.17) is 0 Å². The maximum absolute atomic E-state index is 12.6. The molecule has 0 radical (unpaired) electrons. The zero-order valence-corrected chi connectivity index (χ0v) is 20.7. The normalized spacial score (nSPS) is 21.0. The number of piperazine rings is 1. The van der Waals surface area contributed by atoms with E-state index in [9.17, 15) is 9.59 Å². The predicted molar refractivity (Wildman–Crippen MR) is 128 cm³/mol. The van der Waals surface area contributed by atoms with Gasteiger partial charge < -0.3 is 15.1 Å². The van der Waals surface area contributed by atoms with Crippen molar-refractivity contribution in [1.82, 2.24) is 20.0 Å². The highest BCUT2D eigenvalue weighted by molar-refractivity contribution is 8.00. The minimum absolute atomic E-state index is 0.0111. The van der Waals surface area contributed by atoms with Crippen molar-refractivity contribution >= 4 is 23.7 Å². The van der Waals surface area contributed by atoms with Crippen molar-refractivity contribution in [3.8, 4) is 0 Å². The van der Waals surface area contributed by atoms with Gasteiger partial charge in [-0.15, -0.1) is 11.8 Å². The number of benzene rings is 1. The van der Waals surface area contributed by atoms with Crippen LogP contribution in [0.3, 0.4) is 0 Å². The lowest BCUT2D eigenvalue weighted by Gasteiger charge is -2.37. The highest BCUT2D eigenvalue weighted by Crippen LogP contribution is 2.39. The molecule has 7 heteroatoms. The second kappa shape index (κ2) is 9.41. The minimum atomic E-state index is -0.220. The Bertz CT molecular complexity index is 774. The number of hydrogen-bond donors (Lipinski definition) is 1. The number of carbonyl (C=O) groups is 2. The van der Waals surface area contributed by atoms with E-state index in [-0.39, 0.29) is 28.3 Å². The standard InChI is InChI=1S/C24H38N4O2S/c1-23(2,3)19-9-7-18(8-10-19)21-28(20(29)17-31-21)16-13-26-11-14-27(15-12-26)22(30)25-24(4,5)6/h7-10,21H,11-17H2,1-6H3,(H,25,30). The Hall–Kier alpha value is -1.73. The molecule has 1 aromatic carbocycles. The molecule has 2 aliphatic rings. The van der Waals surface area contributed by atoms with E-state index in [0.717, 1.165) is 39.3 Å². The van der Waals surface area contributed by atoms with Gasteiger partial charge in [0.2, 0.25) is 5.91 Å². The van der Waals surface area contributed by atoms with E-state index in [1.54, 1.807) is 11.8 Å². The minimum Gasteiger partial charge on any atom is -0.333 e. The van der Waals surface area contributed by atoms with Crippen molar-refractivity contribution in [3.05, 3.63) is 35.4 Å². The lowest BCUT2D eigenvalue weighted by Crippen LogP contribution is -2.55. The summed E-state index contributed by atoms with van der Waals surface area (Å²) in [6, 6.07) is 8.75. The lowest BCUT2D eigenvalue weighted by molar-refractivity contribution is -0.128. The van der Waals surface area contributed by atoms with Crippen molar-refractivity contribution in [2.45, 2.75) is 57.9 Å². The molecule has 0 spiro atoms. The van der Waals surface area contributed by atoms with Crippen LogP contribution < -0.4 is 5.32 Å². The average molecular weight is 447 g/mol. The number of hydrogen-bond acceptors (Lipinski definition) is 4. The number of thioether (sulfide) groups is 1. The molecule has 1 N–H and O–H groups in total. The molecule has 2 saturated heterocycles. The Morgan fingerprint density at radius 2 is 1.61 bits per heavy atom. The van der Waals surface area contributed by atoms with Crippen LogP contribution in [0.5, 0.6) is 0 Å². The maximum atomic E-state index is 12.6. The van der Waals surface area contributed by atoms with Crippen LogP contribution in [0.25, 0.3) is 0 Å².